The highest BCUT2D eigenvalue weighted by molar-refractivity contribution is 5.32. The van der Waals surface area contributed by atoms with Crippen molar-refractivity contribution in [1.82, 2.24) is 10.3 Å². The lowest BCUT2D eigenvalue weighted by Gasteiger charge is -2.10. The summed E-state index contributed by atoms with van der Waals surface area (Å²) in [5.41, 5.74) is 2.23. The molecule has 1 heterocycles. The Morgan fingerprint density at radius 3 is 2.76 bits per heavy atom. The molecule has 4 heteroatoms. The lowest BCUT2D eigenvalue weighted by Crippen LogP contribution is -2.21. The van der Waals surface area contributed by atoms with E-state index >= 15 is 0 Å². The third-order valence-electron chi connectivity index (χ3n) is 2.95. The highest BCUT2D eigenvalue weighted by Crippen LogP contribution is 2.21. The minimum absolute atomic E-state index is 0.452. The molecule has 0 saturated heterocycles. The van der Waals surface area contributed by atoms with Crippen molar-refractivity contribution in [3.63, 3.8) is 0 Å². The van der Waals surface area contributed by atoms with Gasteiger partial charge in [-0.2, -0.15) is 0 Å². The molecule has 0 bridgehead atoms. The van der Waals surface area contributed by atoms with E-state index in [0.29, 0.717) is 18.5 Å². The van der Waals surface area contributed by atoms with Crippen molar-refractivity contribution in [2.24, 2.45) is 0 Å². The van der Waals surface area contributed by atoms with Gasteiger partial charge in [-0.05, 0) is 29.3 Å². The summed E-state index contributed by atoms with van der Waals surface area (Å²) in [4.78, 5) is 4.26. The fraction of sp³-hybridized carbons (Fsp3) is 0.353. The smallest absolute Gasteiger partial charge is 0.219 e. The summed E-state index contributed by atoms with van der Waals surface area (Å²) in [6.45, 7) is 5.63. The molecular formula is C17H22N2O2. The molecule has 0 aliphatic carbocycles. The van der Waals surface area contributed by atoms with Crippen molar-refractivity contribution in [3.05, 3.63) is 53.7 Å². The third kappa shape index (κ3) is 5.17. The van der Waals surface area contributed by atoms with Crippen LogP contribution in [0.25, 0.3) is 0 Å². The standard InChI is InChI=1S/C17H22N2O2/c1-13(2)19-11-14-7-8-18-17(10-14)21-16-6-4-5-15(9-16)12-20-3/h4-10,13,19H,11-12H2,1-3H3. The summed E-state index contributed by atoms with van der Waals surface area (Å²) in [5, 5.41) is 3.38. The highest BCUT2D eigenvalue weighted by Gasteiger charge is 2.02. The van der Waals surface area contributed by atoms with Crippen molar-refractivity contribution < 1.29 is 9.47 Å². The van der Waals surface area contributed by atoms with Crippen LogP contribution in [0.4, 0.5) is 0 Å². The number of ether oxygens (including phenoxy) is 2. The van der Waals surface area contributed by atoms with Gasteiger partial charge in [0, 0.05) is 32.0 Å². The predicted octanol–water partition coefficient (Wildman–Crippen LogP) is 3.52. The summed E-state index contributed by atoms with van der Waals surface area (Å²) in [6, 6.07) is 12.2. The number of aromatic nitrogens is 1. The van der Waals surface area contributed by atoms with E-state index in [1.807, 2.05) is 36.4 Å². The molecule has 1 N–H and O–H groups in total. The normalized spacial score (nSPS) is 10.9. The molecule has 0 unspecified atom stereocenters. The van der Waals surface area contributed by atoms with Gasteiger partial charge in [-0.15, -0.1) is 0 Å². The average molecular weight is 286 g/mol. The van der Waals surface area contributed by atoms with Gasteiger partial charge in [0.15, 0.2) is 0 Å². The Hall–Kier alpha value is -1.91. The predicted molar refractivity (Wildman–Crippen MR) is 83.4 cm³/mol. The second-order valence-electron chi connectivity index (χ2n) is 5.22. The molecule has 0 atom stereocenters. The molecule has 1 aromatic carbocycles. The van der Waals surface area contributed by atoms with Gasteiger partial charge in [-0.3, -0.25) is 0 Å². The SMILES string of the molecule is COCc1cccc(Oc2cc(CNC(C)C)ccn2)c1. The van der Waals surface area contributed by atoms with Gasteiger partial charge in [0.25, 0.3) is 0 Å². The Morgan fingerprint density at radius 2 is 2.00 bits per heavy atom. The fourth-order valence-corrected chi connectivity index (χ4v) is 1.92. The molecular weight excluding hydrogens is 264 g/mol. The quantitative estimate of drug-likeness (QED) is 0.845. The third-order valence-corrected chi connectivity index (χ3v) is 2.95. The van der Waals surface area contributed by atoms with Gasteiger partial charge >= 0.3 is 0 Å². The van der Waals surface area contributed by atoms with Crippen LogP contribution in [0.2, 0.25) is 0 Å². The van der Waals surface area contributed by atoms with E-state index in [0.717, 1.165) is 23.4 Å². The van der Waals surface area contributed by atoms with Crippen LogP contribution in [-0.2, 0) is 17.9 Å². The van der Waals surface area contributed by atoms with Gasteiger partial charge in [0.05, 0.1) is 6.61 Å². The number of hydrogen-bond donors (Lipinski definition) is 1. The topological polar surface area (TPSA) is 43.4 Å². The van der Waals surface area contributed by atoms with E-state index in [1.54, 1.807) is 13.3 Å². The van der Waals surface area contributed by atoms with Gasteiger partial charge in [-0.1, -0.05) is 26.0 Å². The maximum atomic E-state index is 5.82. The number of methoxy groups -OCH3 is 1. The first kappa shape index (κ1) is 15.5. The molecule has 2 aromatic rings. The van der Waals surface area contributed by atoms with E-state index in [1.165, 1.54) is 0 Å². The summed E-state index contributed by atoms with van der Waals surface area (Å²) < 4.78 is 10.9. The maximum Gasteiger partial charge on any atom is 0.219 e. The molecule has 0 amide bonds. The van der Waals surface area contributed by atoms with Crippen molar-refractivity contribution in [3.8, 4) is 11.6 Å². The largest absolute Gasteiger partial charge is 0.439 e. The zero-order chi connectivity index (χ0) is 15.1. The van der Waals surface area contributed by atoms with Crippen LogP contribution >= 0.6 is 0 Å². The summed E-state index contributed by atoms with van der Waals surface area (Å²) >= 11 is 0. The fourth-order valence-electron chi connectivity index (χ4n) is 1.92. The minimum Gasteiger partial charge on any atom is -0.439 e. The number of nitrogens with zero attached hydrogens (tertiary/aromatic N) is 1. The van der Waals surface area contributed by atoms with Crippen LogP contribution in [0.3, 0.4) is 0 Å². The Labute approximate surface area is 126 Å². The number of rotatable bonds is 7. The first-order valence-corrected chi connectivity index (χ1v) is 7.11. The average Bonchev–Trinajstić information content (AvgIpc) is 2.46. The first-order valence-electron chi connectivity index (χ1n) is 7.11. The van der Waals surface area contributed by atoms with Crippen molar-refractivity contribution in [2.45, 2.75) is 33.0 Å². The molecule has 112 valence electrons. The number of nitrogens with one attached hydrogen (secondary N) is 1. The van der Waals surface area contributed by atoms with E-state index in [2.05, 4.69) is 24.1 Å². The zero-order valence-corrected chi connectivity index (χ0v) is 12.8. The minimum atomic E-state index is 0.452. The summed E-state index contributed by atoms with van der Waals surface area (Å²) in [6.07, 6.45) is 1.77. The van der Waals surface area contributed by atoms with E-state index in [9.17, 15) is 0 Å². The highest BCUT2D eigenvalue weighted by atomic mass is 16.5. The Balaban J connectivity index is 2.05. The number of hydrogen-bond acceptors (Lipinski definition) is 4. The molecule has 2 rings (SSSR count). The van der Waals surface area contributed by atoms with Gasteiger partial charge < -0.3 is 14.8 Å². The molecule has 4 nitrogen and oxygen atoms in total. The van der Waals surface area contributed by atoms with Crippen LogP contribution in [0.15, 0.2) is 42.6 Å². The van der Waals surface area contributed by atoms with Gasteiger partial charge in [-0.25, -0.2) is 4.98 Å². The molecule has 0 aliphatic heterocycles. The van der Waals surface area contributed by atoms with Crippen LogP contribution in [0.5, 0.6) is 11.6 Å². The zero-order valence-electron chi connectivity index (χ0n) is 12.8. The lowest BCUT2D eigenvalue weighted by atomic mass is 10.2. The Bertz CT molecular complexity index is 570. The number of benzene rings is 1. The van der Waals surface area contributed by atoms with Gasteiger partial charge in [0.2, 0.25) is 5.88 Å². The number of pyridine rings is 1. The first-order chi connectivity index (χ1) is 10.2. The second kappa shape index (κ2) is 7.76. The molecule has 0 radical (unpaired) electrons. The van der Waals surface area contributed by atoms with Gasteiger partial charge in [0.1, 0.15) is 5.75 Å². The maximum absolute atomic E-state index is 5.82. The van der Waals surface area contributed by atoms with Crippen LogP contribution < -0.4 is 10.1 Å². The Kier molecular flexibility index (Phi) is 5.72. The molecule has 0 fully saturated rings. The Morgan fingerprint density at radius 1 is 1.14 bits per heavy atom. The van der Waals surface area contributed by atoms with Crippen LogP contribution in [-0.4, -0.2) is 18.1 Å². The van der Waals surface area contributed by atoms with E-state index in [4.69, 9.17) is 9.47 Å². The molecule has 1 aromatic heterocycles. The van der Waals surface area contributed by atoms with Crippen LogP contribution in [0, 0.1) is 0 Å². The molecule has 0 aliphatic rings. The monoisotopic (exact) mass is 286 g/mol. The van der Waals surface area contributed by atoms with E-state index in [-0.39, 0.29) is 0 Å². The molecule has 0 saturated carbocycles. The summed E-state index contributed by atoms with van der Waals surface area (Å²) in [7, 11) is 1.68. The molecule has 21 heavy (non-hydrogen) atoms. The van der Waals surface area contributed by atoms with Crippen molar-refractivity contribution in [1.29, 1.82) is 0 Å². The van der Waals surface area contributed by atoms with E-state index < -0.39 is 0 Å². The van der Waals surface area contributed by atoms with Crippen molar-refractivity contribution in [2.75, 3.05) is 7.11 Å². The second-order valence-corrected chi connectivity index (χ2v) is 5.22. The molecule has 0 spiro atoms. The van der Waals surface area contributed by atoms with Crippen LogP contribution in [0.1, 0.15) is 25.0 Å². The summed E-state index contributed by atoms with van der Waals surface area (Å²) in [5.74, 6) is 1.37. The van der Waals surface area contributed by atoms with Crippen molar-refractivity contribution >= 4 is 0 Å². The lowest BCUT2D eigenvalue weighted by molar-refractivity contribution is 0.184.